The van der Waals surface area contributed by atoms with E-state index in [1.165, 1.54) is 5.56 Å². The summed E-state index contributed by atoms with van der Waals surface area (Å²) in [5, 5.41) is 0. The molecule has 70 valence electrons. The van der Waals surface area contributed by atoms with Crippen LogP contribution in [0.3, 0.4) is 0 Å². The van der Waals surface area contributed by atoms with Crippen molar-refractivity contribution in [2.75, 3.05) is 0 Å². The van der Waals surface area contributed by atoms with E-state index in [1.54, 1.807) is 0 Å². The molecule has 0 unspecified atom stereocenters. The smallest absolute Gasteiger partial charge is 0.489 e. The molecule has 0 saturated heterocycles. The van der Waals surface area contributed by atoms with Gasteiger partial charge in [0.25, 0.3) is 0 Å². The van der Waals surface area contributed by atoms with E-state index in [4.69, 9.17) is 4.74 Å². The zero-order chi connectivity index (χ0) is 9.64. The first-order valence-corrected chi connectivity index (χ1v) is 4.67. The Balaban J connectivity index is 0.00000112. The van der Waals surface area contributed by atoms with Crippen molar-refractivity contribution in [2.24, 2.45) is 0 Å². The van der Waals surface area contributed by atoms with E-state index >= 15 is 0 Å². The minimum atomic E-state index is 0. The van der Waals surface area contributed by atoms with Gasteiger partial charge in [-0.15, -0.1) is 0 Å². The second-order valence-electron chi connectivity index (χ2n) is 3.09. The van der Waals surface area contributed by atoms with Crippen molar-refractivity contribution >= 4 is 0 Å². The largest absolute Gasteiger partial charge is 1.00 e. The van der Waals surface area contributed by atoms with Gasteiger partial charge in [-0.3, -0.25) is 0 Å². The molecule has 0 bridgehead atoms. The summed E-state index contributed by atoms with van der Waals surface area (Å²) in [5.41, 5.74) is 1.19. The zero-order valence-electron chi connectivity index (χ0n) is 8.89. The third-order valence-electron chi connectivity index (χ3n) is 1.99. The molecule has 0 atom stereocenters. The Morgan fingerprint density at radius 2 is 1.27 bits per heavy atom. The summed E-state index contributed by atoms with van der Waals surface area (Å²) in [6.45, 7) is 0.630. The van der Waals surface area contributed by atoms with Crippen LogP contribution in [0, 0.1) is 0 Å². The molecule has 0 N–H and O–H groups in total. The second kappa shape index (κ2) is 6.67. The summed E-state index contributed by atoms with van der Waals surface area (Å²) in [5.74, 6) is 0.913. The fourth-order valence-electron chi connectivity index (χ4n) is 1.26. The maximum atomic E-state index is 5.59. The molecule has 0 aliphatic carbocycles. The first kappa shape index (κ1) is 12.3. The van der Waals surface area contributed by atoms with E-state index in [0.717, 1.165) is 5.75 Å². The van der Waals surface area contributed by atoms with Gasteiger partial charge in [-0.05, 0) is 17.7 Å². The van der Waals surface area contributed by atoms with Crippen LogP contribution in [-0.4, -0.2) is 0 Å². The Labute approximate surface area is 112 Å². The SMILES string of the molecule is [Na+].c1ccc(COc2ccccc2)cc1. The number of hydrogen-bond acceptors (Lipinski definition) is 1. The van der Waals surface area contributed by atoms with Crippen molar-refractivity contribution < 1.29 is 34.3 Å². The summed E-state index contributed by atoms with van der Waals surface area (Å²) in [6.07, 6.45) is 0. The van der Waals surface area contributed by atoms with Crippen LogP contribution in [-0.2, 0) is 6.61 Å². The number of ether oxygens (including phenoxy) is 1. The molecule has 0 amide bonds. The Bertz CT molecular complexity index is 333. The Hall–Kier alpha value is -0.760. The summed E-state index contributed by atoms with van der Waals surface area (Å²) >= 11 is 0. The first-order valence-electron chi connectivity index (χ1n) is 4.67. The van der Waals surface area contributed by atoms with Gasteiger partial charge in [-0.25, -0.2) is 0 Å². The summed E-state index contributed by atoms with van der Waals surface area (Å²) in [7, 11) is 0. The molecule has 2 aromatic carbocycles. The van der Waals surface area contributed by atoms with Crippen LogP contribution in [0.2, 0.25) is 0 Å². The standard InChI is InChI=1S/C13H12O.Na/c1-3-7-12(8-4-1)11-14-13-9-5-2-6-10-13;/h1-10H,11H2;/q;+1. The van der Waals surface area contributed by atoms with Crippen molar-refractivity contribution in [1.82, 2.24) is 0 Å². The number of rotatable bonds is 3. The van der Waals surface area contributed by atoms with Gasteiger partial charge in [-0.2, -0.15) is 0 Å². The number of hydrogen-bond donors (Lipinski definition) is 0. The van der Waals surface area contributed by atoms with Crippen molar-refractivity contribution in [3.63, 3.8) is 0 Å². The Morgan fingerprint density at radius 3 is 1.87 bits per heavy atom. The molecule has 0 saturated carbocycles. The van der Waals surface area contributed by atoms with Gasteiger partial charge in [0, 0.05) is 0 Å². The fraction of sp³-hybridized carbons (Fsp3) is 0.0769. The monoisotopic (exact) mass is 207 g/mol. The summed E-state index contributed by atoms with van der Waals surface area (Å²) in [6, 6.07) is 20.0. The molecule has 2 heteroatoms. The van der Waals surface area contributed by atoms with Gasteiger partial charge in [0.15, 0.2) is 0 Å². The molecule has 0 aliphatic rings. The van der Waals surface area contributed by atoms with E-state index in [0.29, 0.717) is 6.61 Å². The molecule has 0 heterocycles. The van der Waals surface area contributed by atoms with Gasteiger partial charge in [-0.1, -0.05) is 48.5 Å². The van der Waals surface area contributed by atoms with Gasteiger partial charge >= 0.3 is 29.6 Å². The minimum Gasteiger partial charge on any atom is -0.489 e. The molecular formula is C13H12NaO+. The Kier molecular flexibility index (Phi) is 5.48. The fourth-order valence-corrected chi connectivity index (χ4v) is 1.26. The molecule has 0 aliphatic heterocycles. The number of para-hydroxylation sites is 1. The summed E-state index contributed by atoms with van der Waals surface area (Å²) in [4.78, 5) is 0. The van der Waals surface area contributed by atoms with Crippen LogP contribution in [0.5, 0.6) is 5.75 Å². The maximum absolute atomic E-state index is 5.59. The molecule has 15 heavy (non-hydrogen) atoms. The van der Waals surface area contributed by atoms with Crippen LogP contribution in [0.4, 0.5) is 0 Å². The molecule has 0 spiro atoms. The normalized spacial score (nSPS) is 9.07. The van der Waals surface area contributed by atoms with E-state index in [1.807, 2.05) is 48.5 Å². The van der Waals surface area contributed by atoms with E-state index in [9.17, 15) is 0 Å². The van der Waals surface area contributed by atoms with Crippen LogP contribution >= 0.6 is 0 Å². The van der Waals surface area contributed by atoms with Gasteiger partial charge in [0.1, 0.15) is 12.4 Å². The predicted molar refractivity (Wildman–Crippen MR) is 57.2 cm³/mol. The molecule has 1 nitrogen and oxygen atoms in total. The third kappa shape index (κ3) is 4.08. The topological polar surface area (TPSA) is 9.23 Å². The van der Waals surface area contributed by atoms with Crippen molar-refractivity contribution in [2.45, 2.75) is 6.61 Å². The molecule has 0 aromatic heterocycles. The molecule has 2 aromatic rings. The molecule has 0 fully saturated rings. The molecular weight excluding hydrogens is 195 g/mol. The van der Waals surface area contributed by atoms with E-state index in [2.05, 4.69) is 12.1 Å². The average molecular weight is 207 g/mol. The van der Waals surface area contributed by atoms with Crippen molar-refractivity contribution in [3.8, 4) is 5.75 Å². The van der Waals surface area contributed by atoms with Crippen LogP contribution in [0.15, 0.2) is 60.7 Å². The van der Waals surface area contributed by atoms with Gasteiger partial charge < -0.3 is 4.74 Å². The number of benzene rings is 2. The van der Waals surface area contributed by atoms with Crippen LogP contribution in [0.1, 0.15) is 5.56 Å². The predicted octanol–water partition coefficient (Wildman–Crippen LogP) is 0.270. The van der Waals surface area contributed by atoms with Crippen LogP contribution in [0.25, 0.3) is 0 Å². The van der Waals surface area contributed by atoms with E-state index < -0.39 is 0 Å². The Morgan fingerprint density at radius 1 is 0.733 bits per heavy atom. The third-order valence-corrected chi connectivity index (χ3v) is 1.99. The second-order valence-corrected chi connectivity index (χ2v) is 3.09. The summed E-state index contributed by atoms with van der Waals surface area (Å²) < 4.78 is 5.59. The average Bonchev–Trinajstić information content (AvgIpc) is 2.29. The van der Waals surface area contributed by atoms with Crippen molar-refractivity contribution in [3.05, 3.63) is 66.2 Å². The maximum Gasteiger partial charge on any atom is 1.00 e. The molecule has 0 radical (unpaired) electrons. The first-order chi connectivity index (χ1) is 6.95. The van der Waals surface area contributed by atoms with Gasteiger partial charge in [0.05, 0.1) is 0 Å². The zero-order valence-corrected chi connectivity index (χ0v) is 10.9. The quantitative estimate of drug-likeness (QED) is 0.656. The van der Waals surface area contributed by atoms with Crippen molar-refractivity contribution in [1.29, 1.82) is 0 Å². The molecule has 2 rings (SSSR count). The van der Waals surface area contributed by atoms with E-state index in [-0.39, 0.29) is 29.6 Å². The minimum absolute atomic E-state index is 0. The van der Waals surface area contributed by atoms with Gasteiger partial charge in [0.2, 0.25) is 0 Å². The van der Waals surface area contributed by atoms with Crippen LogP contribution < -0.4 is 34.3 Å².